The maximum atomic E-state index is 12.0. The fourth-order valence-electron chi connectivity index (χ4n) is 2.06. The van der Waals surface area contributed by atoms with Crippen molar-refractivity contribution in [1.29, 1.82) is 0 Å². The lowest BCUT2D eigenvalue weighted by atomic mass is 10.2. The van der Waals surface area contributed by atoms with Crippen LogP contribution in [0.1, 0.15) is 15.4 Å². The van der Waals surface area contributed by atoms with Crippen LogP contribution in [0.5, 0.6) is 0 Å². The highest BCUT2D eigenvalue weighted by Crippen LogP contribution is 2.29. The summed E-state index contributed by atoms with van der Waals surface area (Å²) in [7, 11) is 0. The molecule has 3 aromatic rings. The van der Waals surface area contributed by atoms with E-state index < -0.39 is 5.91 Å². The van der Waals surface area contributed by atoms with Crippen molar-refractivity contribution in [2.75, 3.05) is 0 Å². The first-order valence-corrected chi connectivity index (χ1v) is 7.35. The zero-order chi connectivity index (χ0) is 15.4. The molecule has 108 valence electrons. The number of thiazole rings is 1. The largest absolute Gasteiger partial charge is 0.348 e. The highest BCUT2D eigenvalue weighted by atomic mass is 32.1. The third kappa shape index (κ3) is 2.90. The van der Waals surface area contributed by atoms with Gasteiger partial charge < -0.3 is 4.57 Å². The number of carbonyl (C=O) groups is 1. The van der Waals surface area contributed by atoms with Gasteiger partial charge in [0.05, 0.1) is 12.2 Å². The standard InChI is InChI=1S/C15H11N5OS/c16-19-18-14(21)13-12(10-20-8-4-5-9-20)17-15(22-13)11-6-2-1-3-7-11/h1-9H,10H2. The van der Waals surface area contributed by atoms with Crippen LogP contribution >= 0.6 is 11.3 Å². The summed E-state index contributed by atoms with van der Waals surface area (Å²) in [6.07, 6.45) is 3.78. The van der Waals surface area contributed by atoms with E-state index in [0.717, 1.165) is 10.6 Å². The highest BCUT2D eigenvalue weighted by molar-refractivity contribution is 7.17. The Morgan fingerprint density at radius 1 is 1.23 bits per heavy atom. The van der Waals surface area contributed by atoms with E-state index in [-0.39, 0.29) is 0 Å². The number of benzene rings is 1. The lowest BCUT2D eigenvalue weighted by Gasteiger charge is -2.00. The van der Waals surface area contributed by atoms with Gasteiger partial charge in [-0.1, -0.05) is 30.3 Å². The average molecular weight is 309 g/mol. The Morgan fingerprint density at radius 3 is 2.64 bits per heavy atom. The van der Waals surface area contributed by atoms with Crippen LogP contribution < -0.4 is 0 Å². The number of hydrogen-bond acceptors (Lipinski definition) is 3. The molecule has 6 nitrogen and oxygen atoms in total. The summed E-state index contributed by atoms with van der Waals surface area (Å²) in [6.45, 7) is 0.457. The third-order valence-corrected chi connectivity index (χ3v) is 4.18. The number of carbonyl (C=O) groups excluding carboxylic acids is 1. The second-order valence-corrected chi connectivity index (χ2v) is 5.51. The topological polar surface area (TPSA) is 83.7 Å². The molecule has 2 aromatic heterocycles. The van der Waals surface area contributed by atoms with E-state index in [0.29, 0.717) is 17.1 Å². The molecule has 0 spiro atoms. The smallest absolute Gasteiger partial charge is 0.261 e. The molecular formula is C15H11N5OS. The molecule has 0 N–H and O–H groups in total. The molecule has 0 radical (unpaired) electrons. The second kappa shape index (κ2) is 6.26. The zero-order valence-electron chi connectivity index (χ0n) is 11.5. The van der Waals surface area contributed by atoms with Gasteiger partial charge in [-0.25, -0.2) is 4.98 Å². The van der Waals surface area contributed by atoms with E-state index in [4.69, 9.17) is 5.53 Å². The summed E-state index contributed by atoms with van der Waals surface area (Å²) in [6, 6.07) is 13.4. The van der Waals surface area contributed by atoms with Gasteiger partial charge in [-0.15, -0.1) is 11.3 Å². The van der Waals surface area contributed by atoms with Crippen LogP contribution in [0, 0.1) is 0 Å². The van der Waals surface area contributed by atoms with E-state index in [1.165, 1.54) is 11.3 Å². The number of nitrogens with zero attached hydrogens (tertiary/aromatic N) is 5. The minimum Gasteiger partial charge on any atom is -0.348 e. The summed E-state index contributed by atoms with van der Waals surface area (Å²) >= 11 is 1.24. The minimum absolute atomic E-state index is 0.380. The van der Waals surface area contributed by atoms with E-state index in [9.17, 15) is 4.79 Å². The quantitative estimate of drug-likeness (QED) is 0.412. The van der Waals surface area contributed by atoms with Crippen molar-refractivity contribution in [3.63, 3.8) is 0 Å². The van der Waals surface area contributed by atoms with Gasteiger partial charge in [-0.3, -0.25) is 4.79 Å². The Labute approximate surface area is 130 Å². The summed E-state index contributed by atoms with van der Waals surface area (Å²) in [5.41, 5.74) is 10.0. The van der Waals surface area contributed by atoms with Crippen molar-refractivity contribution >= 4 is 17.2 Å². The lowest BCUT2D eigenvalue weighted by molar-refractivity contribution is 0.100. The maximum absolute atomic E-state index is 12.0. The molecule has 0 unspecified atom stereocenters. The molecule has 0 aliphatic rings. The van der Waals surface area contributed by atoms with E-state index in [1.807, 2.05) is 59.4 Å². The minimum atomic E-state index is -0.593. The molecule has 22 heavy (non-hydrogen) atoms. The van der Waals surface area contributed by atoms with Crippen LogP contribution in [-0.2, 0) is 6.54 Å². The molecule has 0 aliphatic carbocycles. The summed E-state index contributed by atoms with van der Waals surface area (Å²) in [4.78, 5) is 19.5. The van der Waals surface area contributed by atoms with E-state index in [2.05, 4.69) is 15.0 Å². The van der Waals surface area contributed by atoms with Crippen LogP contribution in [-0.4, -0.2) is 15.5 Å². The van der Waals surface area contributed by atoms with Gasteiger partial charge in [-0.2, -0.15) is 0 Å². The van der Waals surface area contributed by atoms with Gasteiger partial charge in [0.25, 0.3) is 5.91 Å². The molecule has 1 amide bonds. The van der Waals surface area contributed by atoms with Gasteiger partial charge in [0.2, 0.25) is 0 Å². The molecule has 0 fully saturated rings. The van der Waals surface area contributed by atoms with Crippen molar-refractivity contribution in [3.8, 4) is 10.6 Å². The van der Waals surface area contributed by atoms with E-state index >= 15 is 0 Å². The molecule has 2 heterocycles. The monoisotopic (exact) mass is 309 g/mol. The summed E-state index contributed by atoms with van der Waals surface area (Å²) in [5.74, 6) is -0.593. The predicted molar refractivity (Wildman–Crippen MR) is 84.6 cm³/mol. The molecule has 0 bridgehead atoms. The van der Waals surface area contributed by atoms with Crippen LogP contribution in [0.2, 0.25) is 0 Å². The van der Waals surface area contributed by atoms with Crippen molar-refractivity contribution in [3.05, 3.63) is 75.9 Å². The second-order valence-electron chi connectivity index (χ2n) is 4.51. The Morgan fingerprint density at radius 2 is 1.95 bits per heavy atom. The molecule has 0 saturated heterocycles. The van der Waals surface area contributed by atoms with Crippen molar-refractivity contribution in [2.24, 2.45) is 5.11 Å². The Hall–Kier alpha value is -2.89. The van der Waals surface area contributed by atoms with Crippen LogP contribution in [0.25, 0.3) is 21.0 Å². The first-order chi connectivity index (χ1) is 10.8. The van der Waals surface area contributed by atoms with Gasteiger partial charge >= 0.3 is 0 Å². The first kappa shape index (κ1) is 14.1. The third-order valence-electron chi connectivity index (χ3n) is 3.05. The zero-order valence-corrected chi connectivity index (χ0v) is 12.3. The number of rotatable bonds is 4. The molecule has 1 aromatic carbocycles. The molecule has 3 rings (SSSR count). The van der Waals surface area contributed by atoms with Crippen molar-refractivity contribution in [1.82, 2.24) is 9.55 Å². The summed E-state index contributed by atoms with van der Waals surface area (Å²) in [5, 5.41) is 3.93. The van der Waals surface area contributed by atoms with Gasteiger partial charge in [0.15, 0.2) is 0 Å². The SMILES string of the molecule is [N-]=[N+]=NC(=O)c1sc(-c2ccccc2)nc1Cn1cccc1. The van der Waals surface area contributed by atoms with Gasteiger partial charge in [0.1, 0.15) is 9.88 Å². The predicted octanol–water partition coefficient (Wildman–Crippen LogP) is 4.11. The van der Waals surface area contributed by atoms with E-state index in [1.54, 1.807) is 0 Å². The fraction of sp³-hybridized carbons (Fsp3) is 0.0667. The van der Waals surface area contributed by atoms with Gasteiger partial charge in [0, 0.05) is 22.9 Å². The van der Waals surface area contributed by atoms with Crippen LogP contribution in [0.4, 0.5) is 0 Å². The maximum Gasteiger partial charge on any atom is 0.261 e. The molecule has 0 saturated carbocycles. The Kier molecular flexibility index (Phi) is 4.00. The highest BCUT2D eigenvalue weighted by Gasteiger charge is 2.18. The lowest BCUT2D eigenvalue weighted by Crippen LogP contribution is -2.02. The number of hydrogen-bond donors (Lipinski definition) is 0. The average Bonchev–Trinajstić information content (AvgIpc) is 3.19. The normalized spacial score (nSPS) is 10.2. The van der Waals surface area contributed by atoms with Crippen LogP contribution in [0.15, 0.2) is 60.0 Å². The van der Waals surface area contributed by atoms with Crippen molar-refractivity contribution < 1.29 is 4.79 Å². The first-order valence-electron chi connectivity index (χ1n) is 6.53. The molecular weight excluding hydrogens is 298 g/mol. The fourth-order valence-corrected chi connectivity index (χ4v) is 3.02. The summed E-state index contributed by atoms with van der Waals surface area (Å²) < 4.78 is 1.91. The van der Waals surface area contributed by atoms with Crippen molar-refractivity contribution in [2.45, 2.75) is 6.54 Å². The molecule has 0 atom stereocenters. The van der Waals surface area contributed by atoms with Crippen LogP contribution in [0.3, 0.4) is 0 Å². The van der Waals surface area contributed by atoms with Gasteiger partial charge in [-0.05, 0) is 22.8 Å². The Bertz CT molecular complexity index is 832. The molecule has 0 aliphatic heterocycles. The Balaban J connectivity index is 2.04. The number of aromatic nitrogens is 2. The number of amides is 1. The number of azide groups is 1. The molecule has 7 heteroatoms.